The molecule has 1 aromatic heterocycles. The van der Waals surface area contributed by atoms with Crippen LogP contribution >= 0.6 is 0 Å². The summed E-state index contributed by atoms with van der Waals surface area (Å²) in [6.45, 7) is -1.49. The number of β-amino-alcohol motifs (C(OH)–C–C–N with tert-alkyl or cyclic N) is 1. The molecule has 1 aromatic rings. The first-order valence-corrected chi connectivity index (χ1v) is 5.86. The predicted molar refractivity (Wildman–Crippen MR) is 56.3 cm³/mol. The third-order valence-corrected chi connectivity index (χ3v) is 2.73. The highest BCUT2D eigenvalue weighted by Crippen LogP contribution is 2.24. The van der Waals surface area contributed by atoms with E-state index < -0.39 is 31.7 Å². The SMILES string of the molecule is O[C@H]1CN[C@H](c2nc(COCC(F)(F)C(F)F)no2)C1. The second-order valence-electron chi connectivity index (χ2n) is 4.45. The van der Waals surface area contributed by atoms with Crippen LogP contribution in [0.25, 0.3) is 0 Å². The Labute approximate surface area is 111 Å². The largest absolute Gasteiger partial charge is 0.392 e. The Morgan fingerprint density at radius 3 is 2.85 bits per heavy atom. The second kappa shape index (κ2) is 6.02. The van der Waals surface area contributed by atoms with Gasteiger partial charge in [0.1, 0.15) is 13.2 Å². The lowest BCUT2D eigenvalue weighted by molar-refractivity contribution is -0.168. The van der Waals surface area contributed by atoms with Crippen LogP contribution in [-0.4, -0.2) is 46.9 Å². The Bertz CT molecular complexity index is 443. The van der Waals surface area contributed by atoms with E-state index in [0.29, 0.717) is 13.0 Å². The van der Waals surface area contributed by atoms with Crippen molar-refractivity contribution in [1.29, 1.82) is 0 Å². The molecule has 114 valence electrons. The lowest BCUT2D eigenvalue weighted by Crippen LogP contribution is -2.32. The summed E-state index contributed by atoms with van der Waals surface area (Å²) in [5.74, 6) is -4.03. The minimum atomic E-state index is -4.20. The molecule has 0 spiro atoms. The molecule has 1 aliphatic heterocycles. The van der Waals surface area contributed by atoms with E-state index in [2.05, 4.69) is 20.2 Å². The monoisotopic (exact) mass is 299 g/mol. The highest BCUT2D eigenvalue weighted by molar-refractivity contribution is 4.96. The minimum absolute atomic E-state index is 0.0201. The molecule has 0 bridgehead atoms. The number of rotatable bonds is 6. The van der Waals surface area contributed by atoms with E-state index in [1.807, 2.05) is 0 Å². The number of nitrogens with zero attached hydrogens (tertiary/aromatic N) is 2. The van der Waals surface area contributed by atoms with E-state index in [1.54, 1.807) is 0 Å². The minimum Gasteiger partial charge on any atom is -0.392 e. The van der Waals surface area contributed by atoms with Crippen LogP contribution in [0.1, 0.15) is 24.2 Å². The van der Waals surface area contributed by atoms with Crippen LogP contribution in [0.3, 0.4) is 0 Å². The molecule has 20 heavy (non-hydrogen) atoms. The van der Waals surface area contributed by atoms with Gasteiger partial charge in [-0.05, 0) is 6.42 Å². The number of aliphatic hydroxyl groups excluding tert-OH is 1. The second-order valence-corrected chi connectivity index (χ2v) is 4.45. The molecule has 0 unspecified atom stereocenters. The van der Waals surface area contributed by atoms with Gasteiger partial charge < -0.3 is 19.7 Å². The zero-order valence-corrected chi connectivity index (χ0v) is 10.2. The van der Waals surface area contributed by atoms with Crippen molar-refractivity contribution in [3.63, 3.8) is 0 Å². The number of halogens is 4. The van der Waals surface area contributed by atoms with E-state index in [0.717, 1.165) is 0 Å². The van der Waals surface area contributed by atoms with Gasteiger partial charge in [0.05, 0.1) is 12.1 Å². The van der Waals surface area contributed by atoms with Crippen molar-refractivity contribution in [3.05, 3.63) is 11.7 Å². The lowest BCUT2D eigenvalue weighted by Gasteiger charge is -2.14. The van der Waals surface area contributed by atoms with Crippen molar-refractivity contribution in [1.82, 2.24) is 15.5 Å². The number of hydrogen-bond acceptors (Lipinski definition) is 6. The van der Waals surface area contributed by atoms with Gasteiger partial charge in [0.25, 0.3) is 0 Å². The number of hydrogen-bond donors (Lipinski definition) is 2. The summed E-state index contributed by atoms with van der Waals surface area (Å²) in [5.41, 5.74) is 0. The summed E-state index contributed by atoms with van der Waals surface area (Å²) in [6, 6.07) is -0.311. The summed E-state index contributed by atoms with van der Waals surface area (Å²) < 4.78 is 58.2. The van der Waals surface area contributed by atoms with Gasteiger partial charge in [0, 0.05) is 6.54 Å². The standard InChI is InChI=1S/C10H13F4N3O3/c11-9(12)10(13,14)4-19-3-7-16-8(20-17-7)6-1-5(18)2-15-6/h5-6,9,15,18H,1-4H2/t5-,6+/m1/s1. The maximum Gasteiger partial charge on any atom is 0.330 e. The Morgan fingerprint density at radius 1 is 1.50 bits per heavy atom. The topological polar surface area (TPSA) is 80.4 Å². The van der Waals surface area contributed by atoms with Crippen molar-refractivity contribution < 1.29 is 31.9 Å². The fourth-order valence-corrected chi connectivity index (χ4v) is 1.71. The van der Waals surface area contributed by atoms with Gasteiger partial charge in [0.2, 0.25) is 5.89 Å². The number of aliphatic hydroxyl groups is 1. The number of alkyl halides is 4. The van der Waals surface area contributed by atoms with Crippen LogP contribution in [0.2, 0.25) is 0 Å². The van der Waals surface area contributed by atoms with E-state index >= 15 is 0 Å². The van der Waals surface area contributed by atoms with Gasteiger partial charge in [-0.25, -0.2) is 8.78 Å². The number of ether oxygens (including phenoxy) is 1. The zero-order chi connectivity index (χ0) is 14.8. The molecule has 0 radical (unpaired) electrons. The highest BCUT2D eigenvalue weighted by atomic mass is 19.3. The van der Waals surface area contributed by atoms with Crippen LogP contribution < -0.4 is 5.32 Å². The molecule has 2 heterocycles. The average Bonchev–Trinajstić information content (AvgIpc) is 2.97. The van der Waals surface area contributed by atoms with Crippen LogP contribution in [0.5, 0.6) is 0 Å². The maximum absolute atomic E-state index is 12.6. The molecule has 10 heteroatoms. The molecule has 2 atom stereocenters. The molecular weight excluding hydrogens is 286 g/mol. The Hall–Kier alpha value is -1.26. The Morgan fingerprint density at radius 2 is 2.25 bits per heavy atom. The summed E-state index contributed by atoms with van der Waals surface area (Å²) in [7, 11) is 0. The number of nitrogens with one attached hydrogen (secondary N) is 1. The fraction of sp³-hybridized carbons (Fsp3) is 0.800. The first-order chi connectivity index (χ1) is 9.38. The van der Waals surface area contributed by atoms with Crippen molar-refractivity contribution >= 4 is 0 Å². The molecule has 0 aromatic carbocycles. The molecule has 1 aliphatic rings. The van der Waals surface area contributed by atoms with Gasteiger partial charge in [-0.15, -0.1) is 0 Å². The van der Waals surface area contributed by atoms with Crippen LogP contribution in [0.4, 0.5) is 17.6 Å². The van der Waals surface area contributed by atoms with Crippen molar-refractivity contribution in [2.45, 2.75) is 37.5 Å². The lowest BCUT2D eigenvalue weighted by atomic mass is 10.2. The molecule has 2 rings (SSSR count). The summed E-state index contributed by atoms with van der Waals surface area (Å²) in [5, 5.41) is 15.7. The van der Waals surface area contributed by atoms with Gasteiger partial charge in [-0.1, -0.05) is 5.16 Å². The third-order valence-electron chi connectivity index (χ3n) is 2.73. The molecule has 0 aliphatic carbocycles. The highest BCUT2D eigenvalue weighted by Gasteiger charge is 2.41. The summed E-state index contributed by atoms with van der Waals surface area (Å²) >= 11 is 0. The molecule has 2 N–H and O–H groups in total. The van der Waals surface area contributed by atoms with Crippen molar-refractivity contribution in [2.75, 3.05) is 13.2 Å². The molecule has 1 saturated heterocycles. The molecule has 6 nitrogen and oxygen atoms in total. The number of aromatic nitrogens is 2. The van der Waals surface area contributed by atoms with Crippen LogP contribution in [0, 0.1) is 0 Å². The van der Waals surface area contributed by atoms with E-state index in [-0.39, 0.29) is 17.8 Å². The average molecular weight is 299 g/mol. The maximum atomic E-state index is 12.6. The van der Waals surface area contributed by atoms with Crippen molar-refractivity contribution in [3.8, 4) is 0 Å². The predicted octanol–water partition coefficient (Wildman–Crippen LogP) is 0.882. The van der Waals surface area contributed by atoms with Crippen molar-refractivity contribution in [2.24, 2.45) is 0 Å². The smallest absolute Gasteiger partial charge is 0.330 e. The fourth-order valence-electron chi connectivity index (χ4n) is 1.71. The first kappa shape index (κ1) is 15.1. The molecular formula is C10H13F4N3O3. The normalized spacial score (nSPS) is 23.7. The third kappa shape index (κ3) is 3.64. The first-order valence-electron chi connectivity index (χ1n) is 5.86. The molecule has 1 fully saturated rings. The van der Waals surface area contributed by atoms with E-state index in [1.165, 1.54) is 0 Å². The van der Waals surface area contributed by atoms with Gasteiger partial charge >= 0.3 is 12.3 Å². The summed E-state index contributed by atoms with van der Waals surface area (Å²) in [4.78, 5) is 3.88. The Balaban J connectivity index is 1.81. The summed E-state index contributed by atoms with van der Waals surface area (Å²) in [6.07, 6.45) is -3.91. The van der Waals surface area contributed by atoms with Crippen LogP contribution in [0.15, 0.2) is 4.52 Å². The van der Waals surface area contributed by atoms with Gasteiger partial charge in [0.15, 0.2) is 5.82 Å². The Kier molecular flexibility index (Phi) is 4.55. The quantitative estimate of drug-likeness (QED) is 0.759. The van der Waals surface area contributed by atoms with Gasteiger partial charge in [-0.3, -0.25) is 0 Å². The zero-order valence-electron chi connectivity index (χ0n) is 10.2. The molecule has 0 amide bonds. The van der Waals surface area contributed by atoms with E-state index in [4.69, 9.17) is 4.52 Å². The van der Waals surface area contributed by atoms with Crippen LogP contribution in [-0.2, 0) is 11.3 Å². The van der Waals surface area contributed by atoms with Gasteiger partial charge in [-0.2, -0.15) is 13.8 Å². The molecule has 0 saturated carbocycles. The van der Waals surface area contributed by atoms with E-state index in [9.17, 15) is 22.7 Å².